The van der Waals surface area contributed by atoms with Gasteiger partial charge in [0.1, 0.15) is 0 Å². The molecule has 2 N–H and O–H groups in total. The second-order valence-corrected chi connectivity index (χ2v) is 5.87. The molecule has 0 saturated carbocycles. The summed E-state index contributed by atoms with van der Waals surface area (Å²) in [5, 5.41) is 11.9. The van der Waals surface area contributed by atoms with Crippen molar-refractivity contribution in [2.75, 3.05) is 12.0 Å². The number of benzene rings is 1. The van der Waals surface area contributed by atoms with Crippen molar-refractivity contribution in [3.63, 3.8) is 0 Å². The van der Waals surface area contributed by atoms with Gasteiger partial charge >= 0.3 is 24.8 Å². The number of hydrogen-bond acceptors (Lipinski definition) is 3. The Morgan fingerprint density at radius 1 is 1.47 bits per heavy atom. The predicted molar refractivity (Wildman–Crippen MR) is 88.6 cm³/mol. The summed E-state index contributed by atoms with van der Waals surface area (Å²) in [5.74, 6) is -0.632. The number of aromatic carboxylic acids is 1. The van der Waals surface area contributed by atoms with E-state index in [0.29, 0.717) is 3.57 Å². The van der Waals surface area contributed by atoms with Gasteiger partial charge in [-0.15, -0.1) is 0 Å². The van der Waals surface area contributed by atoms with Crippen molar-refractivity contribution in [1.29, 1.82) is 0 Å². The molecule has 1 amide bonds. The molecule has 1 aromatic rings. The molecule has 0 aliphatic heterocycles. The maximum atomic E-state index is 12.1. The van der Waals surface area contributed by atoms with Gasteiger partial charge in [-0.1, -0.05) is 6.07 Å². The van der Waals surface area contributed by atoms with Crippen LogP contribution in [0.2, 0.25) is 0 Å². The molecule has 0 fully saturated rings. The molecule has 1 aromatic carbocycles. The molecule has 19 heavy (non-hydrogen) atoms. The summed E-state index contributed by atoms with van der Waals surface area (Å²) in [6, 6.07) is 4.80. The zero-order chi connectivity index (χ0) is 13.7. The summed E-state index contributed by atoms with van der Waals surface area (Å²) in [6.07, 6.45) is 1.96. The number of carboxylic acid groups (broad SMARTS) is 1. The van der Waals surface area contributed by atoms with E-state index in [1.165, 1.54) is 6.07 Å². The second-order valence-electron chi connectivity index (χ2n) is 3.80. The summed E-state index contributed by atoms with van der Waals surface area (Å²) in [6.45, 7) is 1.89. The van der Waals surface area contributed by atoms with Gasteiger partial charge in [0.2, 0.25) is 0 Å². The van der Waals surface area contributed by atoms with Gasteiger partial charge in [0.05, 0.1) is 11.1 Å². The van der Waals surface area contributed by atoms with Gasteiger partial charge in [0.15, 0.2) is 0 Å². The van der Waals surface area contributed by atoms with E-state index in [0.717, 1.165) is 5.75 Å². The molecule has 0 aliphatic carbocycles. The van der Waals surface area contributed by atoms with Crippen molar-refractivity contribution in [2.24, 2.45) is 0 Å². The normalized spacial score (nSPS) is 11.3. The Morgan fingerprint density at radius 2 is 2.11 bits per heavy atom. The topological polar surface area (TPSA) is 66.4 Å². The van der Waals surface area contributed by atoms with Crippen LogP contribution in [0, 0.1) is 3.57 Å². The van der Waals surface area contributed by atoms with E-state index in [1.807, 2.05) is 35.8 Å². The first-order valence-corrected chi connectivity index (χ1v) is 7.76. The molecular formula is C12H15ILiNO3S. The monoisotopic (exact) mass is 387 g/mol. The zero-order valence-electron chi connectivity index (χ0n) is 10.1. The molecule has 0 saturated heterocycles. The Balaban J connectivity index is 0.00000324. The number of thioether (sulfide) groups is 1. The summed E-state index contributed by atoms with van der Waals surface area (Å²) < 4.78 is 0.640. The fraction of sp³-hybridized carbons (Fsp3) is 0.333. The number of amides is 1. The van der Waals surface area contributed by atoms with E-state index >= 15 is 0 Å². The first kappa shape index (κ1) is 18.8. The van der Waals surface area contributed by atoms with Gasteiger partial charge in [0.25, 0.3) is 5.91 Å². The van der Waals surface area contributed by atoms with Crippen molar-refractivity contribution < 1.29 is 14.7 Å². The van der Waals surface area contributed by atoms with Crippen LogP contribution in [-0.2, 0) is 0 Å². The molecule has 1 atom stereocenters. The fourth-order valence-electron chi connectivity index (χ4n) is 1.52. The standard InChI is InChI=1S/C12H14INO3S.Li.H/c1-7(6-18-2)14-11(15)10-8(12(16)17)4-3-5-9(10)13;;/h3-5,7H,6H2,1-2H3,(H,14,15)(H,16,17);;/t7-;;/m0../s1. The molecule has 0 radical (unpaired) electrons. The van der Waals surface area contributed by atoms with Crippen molar-refractivity contribution in [1.82, 2.24) is 5.32 Å². The van der Waals surface area contributed by atoms with Crippen LogP contribution in [0.4, 0.5) is 0 Å². The Bertz CT molecular complexity index is 470. The summed E-state index contributed by atoms with van der Waals surface area (Å²) in [7, 11) is 0. The van der Waals surface area contributed by atoms with Gasteiger partial charge in [-0.25, -0.2) is 4.79 Å². The van der Waals surface area contributed by atoms with Gasteiger partial charge in [-0.05, 0) is 47.9 Å². The number of carbonyl (C=O) groups excluding carboxylic acids is 1. The number of nitrogens with one attached hydrogen (secondary N) is 1. The van der Waals surface area contributed by atoms with Crippen LogP contribution in [0.3, 0.4) is 0 Å². The number of carbonyl (C=O) groups is 2. The summed E-state index contributed by atoms with van der Waals surface area (Å²) >= 11 is 3.60. The van der Waals surface area contributed by atoms with Crippen LogP contribution >= 0.6 is 34.4 Å². The van der Waals surface area contributed by atoms with Gasteiger partial charge in [-0.2, -0.15) is 11.8 Å². The minimum atomic E-state index is -1.09. The van der Waals surface area contributed by atoms with Gasteiger partial charge in [0, 0.05) is 15.4 Å². The third-order valence-electron chi connectivity index (χ3n) is 2.27. The SMILES string of the molecule is CSC[C@H](C)NC(=O)c1c(I)cccc1C(=O)O.[LiH]. The number of rotatable bonds is 5. The average Bonchev–Trinajstić information content (AvgIpc) is 2.28. The Kier molecular flexibility index (Phi) is 8.82. The molecule has 4 nitrogen and oxygen atoms in total. The van der Waals surface area contributed by atoms with Crippen LogP contribution in [0.25, 0.3) is 0 Å². The third kappa shape index (κ3) is 5.38. The average molecular weight is 387 g/mol. The Hall–Kier alpha value is -0.163. The van der Waals surface area contributed by atoms with Crippen molar-refractivity contribution in [3.05, 3.63) is 32.9 Å². The summed E-state index contributed by atoms with van der Waals surface area (Å²) in [4.78, 5) is 23.2. The van der Waals surface area contributed by atoms with E-state index in [4.69, 9.17) is 5.11 Å². The first-order chi connectivity index (χ1) is 8.47. The molecule has 0 aliphatic rings. The third-order valence-corrected chi connectivity index (χ3v) is 4.00. The predicted octanol–water partition coefficient (Wildman–Crippen LogP) is 1.82. The Morgan fingerprint density at radius 3 is 2.63 bits per heavy atom. The molecule has 0 unspecified atom stereocenters. The van der Waals surface area contributed by atoms with Crippen LogP contribution in [0.15, 0.2) is 18.2 Å². The van der Waals surface area contributed by atoms with Crippen LogP contribution in [0.1, 0.15) is 27.6 Å². The quantitative estimate of drug-likeness (QED) is 0.598. The van der Waals surface area contributed by atoms with Crippen LogP contribution < -0.4 is 5.32 Å². The number of halogens is 1. The van der Waals surface area contributed by atoms with E-state index in [9.17, 15) is 9.59 Å². The molecule has 7 heteroatoms. The van der Waals surface area contributed by atoms with Crippen molar-refractivity contribution >= 4 is 65.1 Å². The minimum absolute atomic E-state index is 0. The van der Waals surface area contributed by atoms with Crippen molar-refractivity contribution in [3.8, 4) is 0 Å². The van der Waals surface area contributed by atoms with E-state index in [1.54, 1.807) is 23.9 Å². The van der Waals surface area contributed by atoms with Crippen molar-refractivity contribution in [2.45, 2.75) is 13.0 Å². The second kappa shape index (κ2) is 8.90. The molecular weight excluding hydrogens is 372 g/mol. The Labute approximate surface area is 142 Å². The molecule has 0 heterocycles. The van der Waals surface area contributed by atoms with Gasteiger partial charge < -0.3 is 10.4 Å². The molecule has 100 valence electrons. The molecule has 0 spiro atoms. The molecule has 0 bridgehead atoms. The van der Waals surface area contributed by atoms with Crippen LogP contribution in [-0.4, -0.2) is 53.9 Å². The van der Waals surface area contributed by atoms with E-state index < -0.39 is 5.97 Å². The van der Waals surface area contributed by atoms with Crippen LogP contribution in [0.5, 0.6) is 0 Å². The van der Waals surface area contributed by atoms with E-state index in [-0.39, 0.29) is 41.9 Å². The number of hydrogen-bond donors (Lipinski definition) is 2. The fourth-order valence-corrected chi connectivity index (χ4v) is 2.85. The molecule has 0 aromatic heterocycles. The molecule has 1 rings (SSSR count). The maximum absolute atomic E-state index is 12.1. The first-order valence-electron chi connectivity index (χ1n) is 5.29. The summed E-state index contributed by atoms with van der Waals surface area (Å²) in [5.41, 5.74) is 0.273. The van der Waals surface area contributed by atoms with E-state index in [2.05, 4.69) is 5.32 Å². The zero-order valence-corrected chi connectivity index (χ0v) is 13.0. The van der Waals surface area contributed by atoms with Gasteiger partial charge in [-0.3, -0.25) is 4.79 Å². The number of carboxylic acids is 1.